The summed E-state index contributed by atoms with van der Waals surface area (Å²) in [6, 6.07) is 8.71. The molecule has 1 aromatic carbocycles. The van der Waals surface area contributed by atoms with Crippen molar-refractivity contribution < 1.29 is 5.11 Å². The molecule has 0 aliphatic heterocycles. The fraction of sp³-hybridized carbons (Fsp3) is 0.400. The van der Waals surface area contributed by atoms with Crippen LogP contribution in [0.1, 0.15) is 27.7 Å². The van der Waals surface area contributed by atoms with E-state index in [1.54, 1.807) is 24.3 Å². The van der Waals surface area contributed by atoms with E-state index in [-0.39, 0.29) is 0 Å². The van der Waals surface area contributed by atoms with Crippen LogP contribution in [0.25, 0.3) is 0 Å². The second kappa shape index (κ2) is 16.0. The van der Waals surface area contributed by atoms with Gasteiger partial charge in [-0.3, -0.25) is 0 Å². The first-order valence-electron chi connectivity index (χ1n) is 4.13. The van der Waals surface area contributed by atoms with Gasteiger partial charge in [0.05, 0.1) is 0 Å². The first-order valence-corrected chi connectivity index (χ1v) is 4.13. The average Bonchev–Trinajstić information content (AvgIpc) is 2.13. The maximum atomic E-state index is 8.63. The Morgan fingerprint density at radius 1 is 0.833 bits per heavy atom. The largest absolute Gasteiger partial charge is 0.508 e. The third-order valence-electron chi connectivity index (χ3n) is 0.756. The summed E-state index contributed by atoms with van der Waals surface area (Å²) in [7, 11) is 0. The van der Waals surface area contributed by atoms with Crippen molar-refractivity contribution in [1.82, 2.24) is 0 Å². The third kappa shape index (κ3) is 10.9. The van der Waals surface area contributed by atoms with Crippen LogP contribution in [-0.2, 0) is 0 Å². The number of phenols is 1. The summed E-state index contributed by atoms with van der Waals surface area (Å²) in [6.07, 6.45) is 0. The maximum absolute atomic E-state index is 8.63. The summed E-state index contributed by atoms with van der Waals surface area (Å²) in [5, 5.41) is 8.63. The molecular formula is C10H18ORf. The fourth-order valence-corrected chi connectivity index (χ4v) is 0.428. The molecule has 66 valence electrons. The first kappa shape index (κ1) is 16.5. The minimum atomic E-state index is 0. The summed E-state index contributed by atoms with van der Waals surface area (Å²) in [6.45, 7) is 8.00. The van der Waals surface area contributed by atoms with Crippen LogP contribution in [-0.4, -0.2) is 5.11 Å². The van der Waals surface area contributed by atoms with Gasteiger partial charge in [0, 0.05) is 0 Å². The van der Waals surface area contributed by atoms with Gasteiger partial charge in [-0.05, 0) is 12.1 Å². The third-order valence-corrected chi connectivity index (χ3v) is 0.756. The number of benzene rings is 1. The molecule has 1 N–H and O–H groups in total. The van der Waals surface area contributed by atoms with Gasteiger partial charge < -0.3 is 5.11 Å². The topological polar surface area (TPSA) is 20.2 Å². The molecule has 0 saturated carbocycles. The van der Waals surface area contributed by atoms with Crippen LogP contribution in [0, 0.1) is 0 Å². The maximum Gasteiger partial charge on any atom is 0.115 e. The Balaban J connectivity index is -0.000000144. The summed E-state index contributed by atoms with van der Waals surface area (Å²) < 4.78 is 0. The second-order valence-electron chi connectivity index (χ2n) is 1.34. The van der Waals surface area contributed by atoms with Crippen LogP contribution < -0.4 is 0 Å². The minimum absolute atomic E-state index is 0. The van der Waals surface area contributed by atoms with Crippen molar-refractivity contribution in [3.05, 3.63) is 30.3 Å². The van der Waals surface area contributed by atoms with E-state index >= 15 is 0 Å². The molecule has 0 aliphatic carbocycles. The van der Waals surface area contributed by atoms with Crippen LogP contribution >= 0.6 is 0 Å². The Kier molecular flexibility index (Phi) is 22.1. The number of para-hydroxylation sites is 1. The van der Waals surface area contributed by atoms with Gasteiger partial charge >= 0.3 is 0 Å². The molecule has 0 amide bonds. The number of hydrogen-bond donors (Lipinski definition) is 1. The van der Waals surface area contributed by atoms with E-state index in [0.29, 0.717) is 5.75 Å². The quantitative estimate of drug-likeness (QED) is 0.681. The van der Waals surface area contributed by atoms with Gasteiger partial charge in [-0.2, -0.15) is 0 Å². The van der Waals surface area contributed by atoms with E-state index in [1.807, 2.05) is 33.8 Å². The van der Waals surface area contributed by atoms with Gasteiger partial charge in [0.25, 0.3) is 0 Å². The summed E-state index contributed by atoms with van der Waals surface area (Å²) in [4.78, 5) is 0. The van der Waals surface area contributed by atoms with E-state index in [2.05, 4.69) is 0 Å². The number of aromatic hydroxyl groups is 1. The van der Waals surface area contributed by atoms with Crippen LogP contribution in [0.3, 0.4) is 0 Å². The van der Waals surface area contributed by atoms with E-state index < -0.39 is 0 Å². The smallest absolute Gasteiger partial charge is 0.115 e. The average molecular weight is 421 g/mol. The Morgan fingerprint density at radius 2 is 1.17 bits per heavy atom. The molecule has 12 heavy (non-hydrogen) atoms. The van der Waals surface area contributed by atoms with Crippen molar-refractivity contribution >= 4 is 0 Å². The van der Waals surface area contributed by atoms with Crippen LogP contribution in [0.5, 0.6) is 5.75 Å². The summed E-state index contributed by atoms with van der Waals surface area (Å²) >= 11 is 0. The second-order valence-corrected chi connectivity index (χ2v) is 1.34. The fourth-order valence-electron chi connectivity index (χ4n) is 0.428. The predicted molar refractivity (Wildman–Crippen MR) is 50.8 cm³/mol. The monoisotopic (exact) mass is 421 g/mol. The van der Waals surface area contributed by atoms with Gasteiger partial charge in [-0.15, -0.1) is 0 Å². The molecule has 0 radical (unpaired) electrons. The molecule has 0 fully saturated rings. The van der Waals surface area contributed by atoms with Crippen molar-refractivity contribution in [3.8, 4) is 5.75 Å². The predicted octanol–water partition coefficient (Wildman–Crippen LogP) is 3.44. The summed E-state index contributed by atoms with van der Waals surface area (Å²) in [5.41, 5.74) is 0. The molecule has 1 rings (SSSR count). The molecule has 0 spiro atoms. The first-order chi connectivity index (χ1) is 5.39. The van der Waals surface area contributed by atoms with Crippen molar-refractivity contribution in [2.24, 2.45) is 0 Å². The van der Waals surface area contributed by atoms with E-state index in [4.69, 9.17) is 5.11 Å². The van der Waals surface area contributed by atoms with Gasteiger partial charge in [0.1, 0.15) is 5.75 Å². The Hall–Kier alpha value is -1.98. The Bertz CT molecular complexity index is 140. The van der Waals surface area contributed by atoms with E-state index in [9.17, 15) is 0 Å². The Morgan fingerprint density at radius 3 is 1.33 bits per heavy atom. The van der Waals surface area contributed by atoms with Crippen molar-refractivity contribution in [2.75, 3.05) is 0 Å². The molecule has 0 unspecified atom stereocenters. The normalized spacial score (nSPS) is 6.00. The number of rotatable bonds is 0. The van der Waals surface area contributed by atoms with Crippen molar-refractivity contribution in [2.45, 2.75) is 27.7 Å². The Labute approximate surface area is 69.7 Å². The molecule has 0 bridgehead atoms. The minimum Gasteiger partial charge on any atom is -0.508 e. The van der Waals surface area contributed by atoms with Gasteiger partial charge in [-0.1, -0.05) is 45.9 Å². The zero-order valence-corrected chi connectivity index (χ0v) is 14.9. The van der Waals surface area contributed by atoms with Crippen molar-refractivity contribution in [3.63, 3.8) is 0 Å². The molecular weight excluding hydrogens is 403 g/mol. The molecule has 2 heteroatoms. The molecule has 0 heterocycles. The van der Waals surface area contributed by atoms with Gasteiger partial charge in [0.2, 0.25) is 0 Å². The van der Waals surface area contributed by atoms with Crippen LogP contribution in [0.4, 0.5) is 0 Å². The summed E-state index contributed by atoms with van der Waals surface area (Å²) in [5.74, 6) is 0.322. The molecule has 0 saturated heterocycles. The number of hydrogen-bond acceptors (Lipinski definition) is 1. The van der Waals surface area contributed by atoms with Gasteiger partial charge in [0.15, 0.2) is 0 Å². The van der Waals surface area contributed by atoms with Crippen LogP contribution in [0.15, 0.2) is 30.3 Å². The molecule has 0 aliphatic rings. The molecule has 1 nitrogen and oxygen atoms in total. The van der Waals surface area contributed by atoms with E-state index in [0.717, 1.165) is 0 Å². The van der Waals surface area contributed by atoms with Gasteiger partial charge in [-0.25, -0.2) is 0 Å². The standard InChI is InChI=1S/C6H6O.2C2H6.Rf/c7-6-4-2-1-3-5-6;2*1-2;/h1-5,7H;2*1-2H3;. The number of phenolic OH excluding ortho intramolecular Hbond substituents is 1. The molecule has 0 aromatic heterocycles. The van der Waals surface area contributed by atoms with E-state index in [1.165, 1.54) is 0 Å². The van der Waals surface area contributed by atoms with Crippen LogP contribution in [0.2, 0.25) is 0 Å². The SMILES string of the molecule is CC.CC.Oc1ccccc1.[Rf]. The molecule has 0 atom stereocenters. The van der Waals surface area contributed by atoms with Crippen molar-refractivity contribution in [1.29, 1.82) is 0 Å². The zero-order chi connectivity index (χ0) is 9.11. The zero-order valence-electron chi connectivity index (χ0n) is 8.54. The molecule has 1 aromatic rings.